The van der Waals surface area contributed by atoms with Crippen LogP contribution in [0.4, 0.5) is 5.69 Å². The van der Waals surface area contributed by atoms with Crippen molar-refractivity contribution in [2.75, 3.05) is 11.9 Å². The van der Waals surface area contributed by atoms with Crippen LogP contribution in [0.15, 0.2) is 30.4 Å². The SMILES string of the molecule is C=C(CNc1ccc(I)cc1Cl)C(=O)O. The normalized spacial score (nSPS) is 9.73. The molecule has 0 bridgehead atoms. The van der Waals surface area contributed by atoms with E-state index >= 15 is 0 Å². The maximum Gasteiger partial charge on any atom is 0.332 e. The van der Waals surface area contributed by atoms with E-state index in [0.29, 0.717) is 10.7 Å². The molecule has 0 spiro atoms. The van der Waals surface area contributed by atoms with Gasteiger partial charge in [-0.3, -0.25) is 0 Å². The van der Waals surface area contributed by atoms with Crippen LogP contribution >= 0.6 is 34.2 Å². The van der Waals surface area contributed by atoms with Gasteiger partial charge in [0.1, 0.15) is 0 Å². The maximum atomic E-state index is 10.5. The molecule has 0 unspecified atom stereocenters. The Labute approximate surface area is 106 Å². The van der Waals surface area contributed by atoms with Crippen molar-refractivity contribution in [2.45, 2.75) is 0 Å². The smallest absolute Gasteiger partial charge is 0.332 e. The summed E-state index contributed by atoms with van der Waals surface area (Å²) < 4.78 is 1.03. The lowest BCUT2D eigenvalue weighted by atomic mass is 10.2. The summed E-state index contributed by atoms with van der Waals surface area (Å²) in [6, 6.07) is 5.49. The molecule has 1 rings (SSSR count). The molecule has 2 N–H and O–H groups in total. The Morgan fingerprint density at radius 1 is 1.60 bits per heavy atom. The van der Waals surface area contributed by atoms with Crippen molar-refractivity contribution in [3.8, 4) is 0 Å². The van der Waals surface area contributed by atoms with Crippen molar-refractivity contribution in [1.82, 2.24) is 0 Å². The molecule has 0 aromatic heterocycles. The molecule has 80 valence electrons. The molecule has 0 aliphatic heterocycles. The van der Waals surface area contributed by atoms with E-state index in [4.69, 9.17) is 16.7 Å². The molecule has 0 amide bonds. The lowest BCUT2D eigenvalue weighted by Crippen LogP contribution is -2.11. The molecule has 15 heavy (non-hydrogen) atoms. The predicted octanol–water partition coefficient (Wildman–Crippen LogP) is 3.00. The molecule has 0 saturated heterocycles. The van der Waals surface area contributed by atoms with E-state index < -0.39 is 5.97 Å². The monoisotopic (exact) mass is 337 g/mol. The van der Waals surface area contributed by atoms with Crippen LogP contribution in [-0.4, -0.2) is 17.6 Å². The van der Waals surface area contributed by atoms with Crippen molar-refractivity contribution in [1.29, 1.82) is 0 Å². The highest BCUT2D eigenvalue weighted by atomic mass is 127. The Morgan fingerprint density at radius 3 is 2.80 bits per heavy atom. The van der Waals surface area contributed by atoms with Crippen LogP contribution in [0.1, 0.15) is 0 Å². The molecule has 0 radical (unpaired) electrons. The average molecular weight is 338 g/mol. The second kappa shape index (κ2) is 5.37. The standard InChI is InChI=1S/C10H9ClINO2/c1-6(10(14)15)5-13-9-3-2-7(12)4-8(9)11/h2-4,13H,1,5H2,(H,14,15). The van der Waals surface area contributed by atoms with Crippen LogP contribution in [0.2, 0.25) is 5.02 Å². The number of nitrogens with one attached hydrogen (secondary N) is 1. The topological polar surface area (TPSA) is 49.3 Å². The van der Waals surface area contributed by atoms with Gasteiger partial charge in [0.15, 0.2) is 0 Å². The van der Waals surface area contributed by atoms with Gasteiger partial charge in [0.25, 0.3) is 0 Å². The minimum atomic E-state index is -1.01. The van der Waals surface area contributed by atoms with Crippen LogP contribution in [0.25, 0.3) is 0 Å². The zero-order chi connectivity index (χ0) is 11.4. The lowest BCUT2D eigenvalue weighted by Gasteiger charge is -2.08. The molecule has 1 aromatic carbocycles. The third-order valence-electron chi connectivity index (χ3n) is 1.73. The van der Waals surface area contributed by atoms with E-state index in [1.54, 1.807) is 12.1 Å². The first-order chi connectivity index (χ1) is 7.00. The van der Waals surface area contributed by atoms with E-state index in [-0.39, 0.29) is 12.1 Å². The molecule has 5 heteroatoms. The molecule has 1 aromatic rings. The fourth-order valence-electron chi connectivity index (χ4n) is 0.910. The van der Waals surface area contributed by atoms with Crippen LogP contribution in [0, 0.1) is 3.57 Å². The van der Waals surface area contributed by atoms with E-state index in [1.165, 1.54) is 0 Å². The first-order valence-corrected chi connectivity index (χ1v) is 5.56. The van der Waals surface area contributed by atoms with Gasteiger partial charge in [0.05, 0.1) is 10.7 Å². The van der Waals surface area contributed by atoms with E-state index in [0.717, 1.165) is 3.57 Å². The summed E-state index contributed by atoms with van der Waals surface area (Å²) in [6.45, 7) is 3.59. The summed E-state index contributed by atoms with van der Waals surface area (Å²) >= 11 is 8.10. The Kier molecular flexibility index (Phi) is 4.41. The molecule has 0 heterocycles. The lowest BCUT2D eigenvalue weighted by molar-refractivity contribution is -0.132. The number of aliphatic carboxylic acids is 1. The highest BCUT2D eigenvalue weighted by Gasteiger charge is 2.05. The second-order valence-electron chi connectivity index (χ2n) is 2.89. The number of anilines is 1. The highest BCUT2D eigenvalue weighted by Crippen LogP contribution is 2.23. The zero-order valence-corrected chi connectivity index (χ0v) is 10.7. The second-order valence-corrected chi connectivity index (χ2v) is 4.54. The van der Waals surface area contributed by atoms with Gasteiger partial charge in [-0.1, -0.05) is 18.2 Å². The van der Waals surface area contributed by atoms with Gasteiger partial charge >= 0.3 is 5.97 Å². The Bertz CT molecular complexity index is 406. The zero-order valence-electron chi connectivity index (χ0n) is 7.76. The molecule has 0 aliphatic carbocycles. The summed E-state index contributed by atoms with van der Waals surface area (Å²) in [5.74, 6) is -1.01. The fraction of sp³-hybridized carbons (Fsp3) is 0.100. The number of halogens is 2. The first-order valence-electron chi connectivity index (χ1n) is 4.10. The van der Waals surface area contributed by atoms with Gasteiger partial charge in [-0.25, -0.2) is 4.79 Å². The minimum absolute atomic E-state index is 0.101. The third-order valence-corrected chi connectivity index (χ3v) is 2.71. The average Bonchev–Trinajstić information content (AvgIpc) is 2.15. The highest BCUT2D eigenvalue weighted by molar-refractivity contribution is 14.1. The number of benzene rings is 1. The number of hydrogen-bond acceptors (Lipinski definition) is 2. The molecule has 0 fully saturated rings. The van der Waals surface area contributed by atoms with Crippen LogP contribution in [0.5, 0.6) is 0 Å². The van der Waals surface area contributed by atoms with Gasteiger partial charge in [-0.05, 0) is 40.8 Å². The van der Waals surface area contributed by atoms with Gasteiger partial charge in [-0.15, -0.1) is 0 Å². The molecule has 0 saturated carbocycles. The number of hydrogen-bond donors (Lipinski definition) is 2. The summed E-state index contributed by atoms with van der Waals surface area (Å²) in [7, 11) is 0. The van der Waals surface area contributed by atoms with Crippen molar-refractivity contribution in [3.63, 3.8) is 0 Å². The van der Waals surface area contributed by atoms with E-state index in [1.807, 2.05) is 6.07 Å². The van der Waals surface area contributed by atoms with Gasteiger partial charge < -0.3 is 10.4 Å². The largest absolute Gasteiger partial charge is 0.478 e. The first kappa shape index (κ1) is 12.3. The van der Waals surface area contributed by atoms with Gasteiger partial charge in [0.2, 0.25) is 0 Å². The van der Waals surface area contributed by atoms with Crippen LogP contribution in [-0.2, 0) is 4.79 Å². The number of carboxylic acid groups (broad SMARTS) is 1. The van der Waals surface area contributed by atoms with Gasteiger partial charge in [-0.2, -0.15) is 0 Å². The quantitative estimate of drug-likeness (QED) is 0.656. The molecule has 3 nitrogen and oxygen atoms in total. The summed E-state index contributed by atoms with van der Waals surface area (Å²) in [5.41, 5.74) is 0.809. The maximum absolute atomic E-state index is 10.5. The minimum Gasteiger partial charge on any atom is -0.478 e. The van der Waals surface area contributed by atoms with E-state index in [2.05, 4.69) is 34.5 Å². The Balaban J connectivity index is 2.66. The summed E-state index contributed by atoms with van der Waals surface area (Å²) in [6.07, 6.45) is 0. The fourth-order valence-corrected chi connectivity index (χ4v) is 1.83. The Morgan fingerprint density at radius 2 is 2.27 bits per heavy atom. The van der Waals surface area contributed by atoms with Crippen molar-refractivity contribution in [2.24, 2.45) is 0 Å². The molecule has 0 atom stereocenters. The van der Waals surface area contributed by atoms with Crippen LogP contribution in [0.3, 0.4) is 0 Å². The van der Waals surface area contributed by atoms with Crippen molar-refractivity contribution in [3.05, 3.63) is 38.9 Å². The van der Waals surface area contributed by atoms with Gasteiger partial charge in [0, 0.05) is 15.7 Å². The molecular formula is C10H9ClINO2. The molecular weight excluding hydrogens is 328 g/mol. The van der Waals surface area contributed by atoms with E-state index in [9.17, 15) is 4.79 Å². The molecule has 0 aliphatic rings. The number of carbonyl (C=O) groups is 1. The number of rotatable bonds is 4. The van der Waals surface area contributed by atoms with Crippen molar-refractivity contribution >= 4 is 45.8 Å². The predicted molar refractivity (Wildman–Crippen MR) is 69.4 cm³/mol. The van der Waals surface area contributed by atoms with Crippen molar-refractivity contribution < 1.29 is 9.90 Å². The third kappa shape index (κ3) is 3.71. The number of carboxylic acids is 1. The summed E-state index contributed by atoms with van der Waals surface area (Å²) in [5, 5.41) is 12.1. The summed E-state index contributed by atoms with van der Waals surface area (Å²) in [4.78, 5) is 10.5. The van der Waals surface area contributed by atoms with Crippen LogP contribution < -0.4 is 5.32 Å². The Hall–Kier alpha value is -0.750.